The van der Waals surface area contributed by atoms with E-state index in [0.717, 1.165) is 11.3 Å². The van der Waals surface area contributed by atoms with Crippen LogP contribution in [0.25, 0.3) is 0 Å². The zero-order valence-corrected chi connectivity index (χ0v) is 9.15. The van der Waals surface area contributed by atoms with Crippen molar-refractivity contribution in [1.29, 1.82) is 0 Å². The van der Waals surface area contributed by atoms with Crippen molar-refractivity contribution < 1.29 is 4.39 Å². The minimum absolute atomic E-state index is 0.169. The van der Waals surface area contributed by atoms with Crippen LogP contribution in [0.5, 0.6) is 0 Å². The molecule has 1 nitrogen and oxygen atoms in total. The van der Waals surface area contributed by atoms with Gasteiger partial charge in [0.25, 0.3) is 0 Å². The average Bonchev–Trinajstić information content (AvgIpc) is 2.31. The van der Waals surface area contributed by atoms with Crippen molar-refractivity contribution in [2.75, 3.05) is 5.32 Å². The zero-order valence-electron chi connectivity index (χ0n) is 9.15. The number of halogens is 1. The summed E-state index contributed by atoms with van der Waals surface area (Å²) in [5.41, 5.74) is 2.14. The van der Waals surface area contributed by atoms with Crippen LogP contribution in [-0.2, 0) is 0 Å². The maximum Gasteiger partial charge on any atom is 0.123 e. The van der Waals surface area contributed by atoms with Crippen molar-refractivity contribution >= 4 is 5.69 Å². The maximum absolute atomic E-state index is 12.8. The Balaban J connectivity index is 2.09. The lowest BCUT2D eigenvalue weighted by Gasteiger charge is -2.15. The maximum atomic E-state index is 12.8. The first kappa shape index (κ1) is 10.7. The van der Waals surface area contributed by atoms with Crippen LogP contribution in [0.2, 0.25) is 0 Å². The fourth-order valence-electron chi connectivity index (χ4n) is 1.62. The van der Waals surface area contributed by atoms with Gasteiger partial charge in [0.1, 0.15) is 5.82 Å². The van der Waals surface area contributed by atoms with Gasteiger partial charge in [0.15, 0.2) is 0 Å². The molecular formula is C14H14FN. The van der Waals surface area contributed by atoms with E-state index in [1.54, 1.807) is 12.1 Å². The van der Waals surface area contributed by atoms with Gasteiger partial charge in [-0.3, -0.25) is 0 Å². The predicted molar refractivity (Wildman–Crippen MR) is 64.9 cm³/mol. The molecule has 2 rings (SSSR count). The monoisotopic (exact) mass is 215 g/mol. The molecule has 82 valence electrons. The molecule has 2 heteroatoms. The van der Waals surface area contributed by atoms with E-state index in [0.29, 0.717) is 0 Å². The second kappa shape index (κ2) is 4.79. The lowest BCUT2D eigenvalue weighted by atomic mass is 10.1. The quantitative estimate of drug-likeness (QED) is 0.816. The number of rotatable bonds is 3. The molecule has 0 bridgehead atoms. The van der Waals surface area contributed by atoms with Gasteiger partial charge in [0, 0.05) is 11.7 Å². The van der Waals surface area contributed by atoms with E-state index in [4.69, 9.17) is 0 Å². The summed E-state index contributed by atoms with van der Waals surface area (Å²) >= 11 is 0. The van der Waals surface area contributed by atoms with E-state index >= 15 is 0 Å². The third kappa shape index (κ3) is 2.60. The summed E-state index contributed by atoms with van der Waals surface area (Å²) in [4.78, 5) is 0. The molecule has 2 aromatic rings. The van der Waals surface area contributed by atoms with Gasteiger partial charge in [0.2, 0.25) is 0 Å². The van der Waals surface area contributed by atoms with Crippen molar-refractivity contribution in [3.8, 4) is 0 Å². The third-order valence-corrected chi connectivity index (χ3v) is 2.53. The van der Waals surface area contributed by atoms with Gasteiger partial charge >= 0.3 is 0 Å². The van der Waals surface area contributed by atoms with E-state index in [-0.39, 0.29) is 11.9 Å². The van der Waals surface area contributed by atoms with Crippen LogP contribution in [-0.4, -0.2) is 0 Å². The standard InChI is InChI=1S/C14H14FN/c1-11(12-7-9-13(15)10-8-12)16-14-5-3-2-4-6-14/h2-11,16H,1H3. The highest BCUT2D eigenvalue weighted by molar-refractivity contribution is 5.44. The van der Waals surface area contributed by atoms with E-state index in [1.807, 2.05) is 30.3 Å². The minimum Gasteiger partial charge on any atom is -0.379 e. The first-order chi connectivity index (χ1) is 7.75. The topological polar surface area (TPSA) is 12.0 Å². The molecule has 2 aromatic carbocycles. The van der Waals surface area contributed by atoms with Crippen molar-refractivity contribution in [3.05, 3.63) is 66.0 Å². The Bertz CT molecular complexity index is 436. The lowest BCUT2D eigenvalue weighted by Crippen LogP contribution is -2.06. The van der Waals surface area contributed by atoms with E-state index in [9.17, 15) is 4.39 Å². The lowest BCUT2D eigenvalue weighted by molar-refractivity contribution is 0.626. The Morgan fingerprint density at radius 2 is 1.56 bits per heavy atom. The minimum atomic E-state index is -0.198. The molecule has 0 amide bonds. The highest BCUT2D eigenvalue weighted by atomic mass is 19.1. The number of hydrogen-bond donors (Lipinski definition) is 1. The Labute approximate surface area is 94.9 Å². The number of nitrogens with one attached hydrogen (secondary N) is 1. The molecule has 0 aliphatic rings. The second-order valence-electron chi connectivity index (χ2n) is 3.78. The van der Waals surface area contributed by atoms with E-state index < -0.39 is 0 Å². The molecule has 0 saturated carbocycles. The molecule has 0 saturated heterocycles. The SMILES string of the molecule is CC(Nc1ccccc1)c1ccc(F)cc1. The van der Waals surface area contributed by atoms with Gasteiger partial charge in [-0.2, -0.15) is 0 Å². The molecule has 1 N–H and O–H groups in total. The Morgan fingerprint density at radius 1 is 0.938 bits per heavy atom. The molecule has 0 aromatic heterocycles. The van der Waals surface area contributed by atoms with Crippen LogP contribution in [0.4, 0.5) is 10.1 Å². The van der Waals surface area contributed by atoms with E-state index in [2.05, 4.69) is 12.2 Å². The summed E-state index contributed by atoms with van der Waals surface area (Å²) in [6.07, 6.45) is 0. The van der Waals surface area contributed by atoms with Crippen molar-refractivity contribution in [1.82, 2.24) is 0 Å². The zero-order chi connectivity index (χ0) is 11.4. The van der Waals surface area contributed by atoms with Crippen LogP contribution in [0, 0.1) is 5.82 Å². The average molecular weight is 215 g/mol. The van der Waals surface area contributed by atoms with Crippen LogP contribution >= 0.6 is 0 Å². The molecular weight excluding hydrogens is 201 g/mol. The number of hydrogen-bond acceptors (Lipinski definition) is 1. The molecule has 0 heterocycles. The Morgan fingerprint density at radius 3 is 2.19 bits per heavy atom. The van der Waals surface area contributed by atoms with Gasteiger partial charge in [-0.25, -0.2) is 4.39 Å². The smallest absolute Gasteiger partial charge is 0.123 e. The Kier molecular flexibility index (Phi) is 3.20. The van der Waals surface area contributed by atoms with Crippen LogP contribution in [0.15, 0.2) is 54.6 Å². The third-order valence-electron chi connectivity index (χ3n) is 2.53. The first-order valence-electron chi connectivity index (χ1n) is 5.33. The molecule has 1 unspecified atom stereocenters. The summed E-state index contributed by atoms with van der Waals surface area (Å²) in [6, 6.07) is 16.7. The second-order valence-corrected chi connectivity index (χ2v) is 3.78. The largest absolute Gasteiger partial charge is 0.379 e. The highest BCUT2D eigenvalue weighted by Crippen LogP contribution is 2.18. The van der Waals surface area contributed by atoms with Crippen LogP contribution in [0.3, 0.4) is 0 Å². The van der Waals surface area contributed by atoms with E-state index in [1.165, 1.54) is 12.1 Å². The van der Waals surface area contributed by atoms with Crippen molar-refractivity contribution in [3.63, 3.8) is 0 Å². The summed E-state index contributed by atoms with van der Waals surface area (Å²) in [5.74, 6) is -0.198. The fourth-order valence-corrected chi connectivity index (χ4v) is 1.62. The molecule has 1 atom stereocenters. The van der Waals surface area contributed by atoms with Crippen LogP contribution in [0.1, 0.15) is 18.5 Å². The summed E-state index contributed by atoms with van der Waals surface area (Å²) in [5, 5.41) is 3.36. The highest BCUT2D eigenvalue weighted by Gasteiger charge is 2.04. The van der Waals surface area contributed by atoms with Crippen LogP contribution < -0.4 is 5.32 Å². The van der Waals surface area contributed by atoms with Gasteiger partial charge in [0.05, 0.1) is 0 Å². The Hall–Kier alpha value is -1.83. The molecule has 0 aliphatic carbocycles. The number of benzene rings is 2. The summed E-state index contributed by atoms with van der Waals surface area (Å²) in [7, 11) is 0. The number of anilines is 1. The fraction of sp³-hybridized carbons (Fsp3) is 0.143. The van der Waals surface area contributed by atoms with Gasteiger partial charge in [-0.05, 0) is 36.8 Å². The molecule has 0 fully saturated rings. The van der Waals surface area contributed by atoms with Crippen molar-refractivity contribution in [2.24, 2.45) is 0 Å². The number of para-hydroxylation sites is 1. The van der Waals surface area contributed by atoms with Gasteiger partial charge < -0.3 is 5.32 Å². The molecule has 0 aliphatic heterocycles. The molecule has 16 heavy (non-hydrogen) atoms. The predicted octanol–water partition coefficient (Wildman–Crippen LogP) is 4.00. The molecule has 0 spiro atoms. The van der Waals surface area contributed by atoms with Crippen molar-refractivity contribution in [2.45, 2.75) is 13.0 Å². The summed E-state index contributed by atoms with van der Waals surface area (Å²) in [6.45, 7) is 2.06. The van der Waals surface area contributed by atoms with Gasteiger partial charge in [-0.1, -0.05) is 30.3 Å². The molecule has 0 radical (unpaired) electrons. The van der Waals surface area contributed by atoms with Gasteiger partial charge in [-0.15, -0.1) is 0 Å². The first-order valence-corrected chi connectivity index (χ1v) is 5.33. The normalized spacial score (nSPS) is 12.1. The summed E-state index contributed by atoms with van der Waals surface area (Å²) < 4.78 is 12.8.